The number of hydrogen-bond acceptors (Lipinski definition) is 2. The van der Waals surface area contributed by atoms with E-state index in [1.807, 2.05) is 6.07 Å². The van der Waals surface area contributed by atoms with Crippen LogP contribution in [-0.2, 0) is 11.3 Å². The Morgan fingerprint density at radius 1 is 1.46 bits per heavy atom. The van der Waals surface area contributed by atoms with Crippen LogP contribution in [0.4, 0.5) is 5.69 Å². The van der Waals surface area contributed by atoms with E-state index in [1.54, 1.807) is 12.1 Å². The smallest absolute Gasteiger partial charge is 0.0737 e. The molecule has 72 valence electrons. The van der Waals surface area contributed by atoms with Crippen molar-refractivity contribution in [3.8, 4) is 0 Å². The van der Waals surface area contributed by atoms with Gasteiger partial charge in [-0.15, -0.1) is 0 Å². The minimum absolute atomic E-state index is 0.542. The molecule has 0 aliphatic carbocycles. The standard InChI is InChI=1S/C10H14ClNO/c1-2-5-13-7-8-6-9(11)3-4-10(8)12/h3-4,6H,2,5,7,12H2,1H3. The van der Waals surface area contributed by atoms with Gasteiger partial charge in [0.15, 0.2) is 0 Å². The Morgan fingerprint density at radius 3 is 2.92 bits per heavy atom. The second-order valence-corrected chi connectivity index (χ2v) is 3.33. The Kier molecular flexibility index (Phi) is 4.06. The van der Waals surface area contributed by atoms with Crippen LogP contribution >= 0.6 is 11.6 Å². The summed E-state index contributed by atoms with van der Waals surface area (Å²) in [5.41, 5.74) is 7.43. The van der Waals surface area contributed by atoms with Crippen molar-refractivity contribution in [2.45, 2.75) is 20.0 Å². The zero-order chi connectivity index (χ0) is 9.68. The topological polar surface area (TPSA) is 35.2 Å². The first kappa shape index (κ1) is 10.4. The lowest BCUT2D eigenvalue weighted by Crippen LogP contribution is -1.98. The van der Waals surface area contributed by atoms with E-state index in [-0.39, 0.29) is 0 Å². The van der Waals surface area contributed by atoms with Gasteiger partial charge in [0.25, 0.3) is 0 Å². The third-order valence-electron chi connectivity index (χ3n) is 1.71. The molecule has 0 aliphatic heterocycles. The molecule has 3 heteroatoms. The molecule has 0 spiro atoms. The van der Waals surface area contributed by atoms with E-state index in [1.165, 1.54) is 0 Å². The number of halogens is 1. The normalized spacial score (nSPS) is 10.3. The third kappa shape index (κ3) is 3.25. The van der Waals surface area contributed by atoms with E-state index in [4.69, 9.17) is 22.1 Å². The monoisotopic (exact) mass is 199 g/mol. The molecule has 0 fully saturated rings. The fraction of sp³-hybridized carbons (Fsp3) is 0.400. The summed E-state index contributed by atoms with van der Waals surface area (Å²) >= 11 is 5.82. The van der Waals surface area contributed by atoms with Crippen LogP contribution < -0.4 is 5.73 Å². The van der Waals surface area contributed by atoms with Crippen LogP contribution in [0, 0.1) is 0 Å². The van der Waals surface area contributed by atoms with Crippen molar-refractivity contribution >= 4 is 17.3 Å². The lowest BCUT2D eigenvalue weighted by atomic mass is 10.2. The molecule has 2 nitrogen and oxygen atoms in total. The van der Waals surface area contributed by atoms with Gasteiger partial charge in [-0.05, 0) is 24.6 Å². The van der Waals surface area contributed by atoms with Gasteiger partial charge in [0.1, 0.15) is 0 Å². The second-order valence-electron chi connectivity index (χ2n) is 2.90. The largest absolute Gasteiger partial charge is 0.398 e. The SMILES string of the molecule is CCCOCc1cc(Cl)ccc1N. The quantitative estimate of drug-likeness (QED) is 0.598. The fourth-order valence-corrected chi connectivity index (χ4v) is 1.22. The molecule has 0 unspecified atom stereocenters. The van der Waals surface area contributed by atoms with Crippen molar-refractivity contribution in [1.29, 1.82) is 0 Å². The van der Waals surface area contributed by atoms with Gasteiger partial charge in [-0.2, -0.15) is 0 Å². The van der Waals surface area contributed by atoms with Crippen LogP contribution in [0.1, 0.15) is 18.9 Å². The van der Waals surface area contributed by atoms with E-state index < -0.39 is 0 Å². The van der Waals surface area contributed by atoms with Crippen LogP contribution in [0.15, 0.2) is 18.2 Å². The van der Waals surface area contributed by atoms with E-state index in [2.05, 4.69) is 6.92 Å². The van der Waals surface area contributed by atoms with Crippen LogP contribution in [0.25, 0.3) is 0 Å². The number of nitrogen functional groups attached to an aromatic ring is 1. The summed E-state index contributed by atoms with van der Waals surface area (Å²) in [7, 11) is 0. The lowest BCUT2D eigenvalue weighted by molar-refractivity contribution is 0.122. The minimum Gasteiger partial charge on any atom is -0.398 e. The Labute approximate surface area is 83.6 Å². The van der Waals surface area contributed by atoms with Gasteiger partial charge in [-0.25, -0.2) is 0 Å². The predicted octanol–water partition coefficient (Wildman–Crippen LogP) is 2.85. The summed E-state index contributed by atoms with van der Waals surface area (Å²) in [4.78, 5) is 0. The van der Waals surface area contributed by atoms with Crippen molar-refractivity contribution < 1.29 is 4.74 Å². The summed E-state index contributed by atoms with van der Waals surface area (Å²) in [6.07, 6.45) is 1.01. The summed E-state index contributed by atoms with van der Waals surface area (Å²) in [5.74, 6) is 0. The molecule has 0 atom stereocenters. The van der Waals surface area contributed by atoms with Crippen molar-refractivity contribution in [1.82, 2.24) is 0 Å². The molecule has 0 aliphatic rings. The van der Waals surface area contributed by atoms with E-state index in [0.717, 1.165) is 24.3 Å². The van der Waals surface area contributed by atoms with Gasteiger partial charge >= 0.3 is 0 Å². The van der Waals surface area contributed by atoms with Crippen LogP contribution in [0.2, 0.25) is 5.02 Å². The van der Waals surface area contributed by atoms with Gasteiger partial charge in [0.05, 0.1) is 6.61 Å². The van der Waals surface area contributed by atoms with Crippen LogP contribution in [-0.4, -0.2) is 6.61 Å². The average Bonchev–Trinajstić information content (AvgIpc) is 2.11. The van der Waals surface area contributed by atoms with E-state index in [0.29, 0.717) is 11.6 Å². The van der Waals surface area contributed by atoms with Crippen molar-refractivity contribution in [3.05, 3.63) is 28.8 Å². The fourth-order valence-electron chi connectivity index (χ4n) is 1.03. The maximum Gasteiger partial charge on any atom is 0.0737 e. The summed E-state index contributed by atoms with van der Waals surface area (Å²) in [6, 6.07) is 5.42. The maximum atomic E-state index is 5.82. The lowest BCUT2D eigenvalue weighted by Gasteiger charge is -2.06. The molecule has 1 aromatic rings. The highest BCUT2D eigenvalue weighted by Gasteiger charge is 1.99. The zero-order valence-corrected chi connectivity index (χ0v) is 8.47. The highest BCUT2D eigenvalue weighted by Crippen LogP contribution is 2.18. The Balaban J connectivity index is 2.59. The number of ether oxygens (including phenoxy) is 1. The molecule has 13 heavy (non-hydrogen) atoms. The van der Waals surface area contributed by atoms with E-state index >= 15 is 0 Å². The van der Waals surface area contributed by atoms with Crippen LogP contribution in [0.5, 0.6) is 0 Å². The zero-order valence-electron chi connectivity index (χ0n) is 7.72. The Morgan fingerprint density at radius 2 is 2.23 bits per heavy atom. The highest BCUT2D eigenvalue weighted by molar-refractivity contribution is 6.30. The van der Waals surface area contributed by atoms with Crippen molar-refractivity contribution in [2.24, 2.45) is 0 Å². The molecule has 1 aromatic carbocycles. The van der Waals surface area contributed by atoms with Crippen molar-refractivity contribution in [3.63, 3.8) is 0 Å². The van der Waals surface area contributed by atoms with Gasteiger partial charge in [0.2, 0.25) is 0 Å². The summed E-state index contributed by atoms with van der Waals surface area (Å²) in [5, 5.41) is 0.698. The number of rotatable bonds is 4. The molecule has 0 bridgehead atoms. The molecule has 0 saturated carbocycles. The first-order chi connectivity index (χ1) is 6.24. The molecule has 0 heterocycles. The summed E-state index contributed by atoms with van der Waals surface area (Å²) in [6.45, 7) is 3.37. The van der Waals surface area contributed by atoms with Gasteiger partial charge < -0.3 is 10.5 Å². The highest BCUT2D eigenvalue weighted by atomic mass is 35.5. The molecule has 0 amide bonds. The molecular formula is C10H14ClNO. The average molecular weight is 200 g/mol. The molecule has 0 saturated heterocycles. The first-order valence-electron chi connectivity index (χ1n) is 4.35. The van der Waals surface area contributed by atoms with Gasteiger partial charge in [-0.3, -0.25) is 0 Å². The van der Waals surface area contributed by atoms with Gasteiger partial charge in [-0.1, -0.05) is 18.5 Å². The van der Waals surface area contributed by atoms with Crippen molar-refractivity contribution in [2.75, 3.05) is 12.3 Å². The van der Waals surface area contributed by atoms with Gasteiger partial charge in [0, 0.05) is 22.9 Å². The Hall–Kier alpha value is -0.730. The minimum atomic E-state index is 0.542. The molecule has 0 aromatic heterocycles. The first-order valence-corrected chi connectivity index (χ1v) is 4.73. The molecule has 1 rings (SSSR count). The predicted molar refractivity (Wildman–Crippen MR) is 55.8 cm³/mol. The van der Waals surface area contributed by atoms with E-state index in [9.17, 15) is 0 Å². The molecule has 0 radical (unpaired) electrons. The number of anilines is 1. The molecule has 2 N–H and O–H groups in total. The number of benzene rings is 1. The Bertz CT molecular complexity index is 276. The maximum absolute atomic E-state index is 5.82. The third-order valence-corrected chi connectivity index (χ3v) is 1.95. The second kappa shape index (κ2) is 5.10. The van der Waals surface area contributed by atoms with Crippen LogP contribution in [0.3, 0.4) is 0 Å². The number of nitrogens with two attached hydrogens (primary N) is 1. The summed E-state index contributed by atoms with van der Waals surface area (Å²) < 4.78 is 5.37. The number of hydrogen-bond donors (Lipinski definition) is 1. The molecular weight excluding hydrogens is 186 g/mol.